The third-order valence-corrected chi connectivity index (χ3v) is 6.15. The Morgan fingerprint density at radius 2 is 1.81 bits per heavy atom. The van der Waals surface area contributed by atoms with Crippen LogP contribution in [0, 0.1) is 0 Å². The molecule has 168 valence electrons. The molecule has 7 nitrogen and oxygen atoms in total. The van der Waals surface area contributed by atoms with Crippen molar-refractivity contribution < 1.29 is 23.7 Å². The molecular formula is C25H28N2O5. The van der Waals surface area contributed by atoms with Crippen molar-refractivity contribution in [3.63, 3.8) is 0 Å². The number of fused-ring (bicyclic) bond motifs is 3. The number of hydrogen-bond acceptors (Lipinski definition) is 7. The topological polar surface area (TPSA) is 60.5 Å². The Morgan fingerprint density at radius 1 is 1.03 bits per heavy atom. The number of hydrogen-bond donors (Lipinski definition) is 0. The quantitative estimate of drug-likeness (QED) is 0.645. The summed E-state index contributed by atoms with van der Waals surface area (Å²) in [6.45, 7) is 6.92. The molecule has 32 heavy (non-hydrogen) atoms. The van der Waals surface area contributed by atoms with Crippen LogP contribution in [0.4, 0.5) is 0 Å². The number of Topliss-reactive ketones (excluding diaryl/α,β-unsaturated/α-hetero) is 1. The van der Waals surface area contributed by atoms with Gasteiger partial charge in [-0.2, -0.15) is 0 Å². The van der Waals surface area contributed by atoms with Gasteiger partial charge in [0, 0.05) is 26.2 Å². The predicted molar refractivity (Wildman–Crippen MR) is 120 cm³/mol. The first-order chi connectivity index (χ1) is 15.7. The van der Waals surface area contributed by atoms with E-state index in [1.807, 2.05) is 30.3 Å². The average Bonchev–Trinajstić information content (AvgIpc) is 3.16. The zero-order valence-electron chi connectivity index (χ0n) is 18.3. The van der Waals surface area contributed by atoms with Gasteiger partial charge in [0.15, 0.2) is 5.76 Å². The predicted octanol–water partition coefficient (Wildman–Crippen LogP) is 3.19. The van der Waals surface area contributed by atoms with Gasteiger partial charge in [0.2, 0.25) is 5.78 Å². The van der Waals surface area contributed by atoms with Crippen molar-refractivity contribution in [3.05, 3.63) is 58.8 Å². The molecule has 0 saturated carbocycles. The van der Waals surface area contributed by atoms with Crippen LogP contribution >= 0.6 is 0 Å². The van der Waals surface area contributed by atoms with Gasteiger partial charge in [0.05, 0.1) is 31.5 Å². The van der Waals surface area contributed by atoms with Crippen molar-refractivity contribution in [3.8, 4) is 17.2 Å². The van der Waals surface area contributed by atoms with Crippen molar-refractivity contribution in [2.24, 2.45) is 0 Å². The first kappa shape index (κ1) is 21.0. The highest BCUT2D eigenvalue weighted by Gasteiger charge is 2.33. The van der Waals surface area contributed by atoms with Crippen molar-refractivity contribution in [2.45, 2.75) is 13.0 Å². The van der Waals surface area contributed by atoms with E-state index in [1.54, 1.807) is 19.3 Å². The summed E-state index contributed by atoms with van der Waals surface area (Å²) in [7, 11) is 1.63. The molecule has 0 spiro atoms. The smallest absolute Gasteiger partial charge is 0.231 e. The number of rotatable bonds is 6. The number of benzene rings is 2. The standard InChI is InChI=1S/C25H28N2O5/c1-29-19-5-3-18(4-6-19)15-23-24(28)20-7-8-22-21(25(20)32-23)16-27(17-31-22)10-2-9-26-11-13-30-14-12-26/h3-8,15H,2,9-14,16-17H2,1H3/b23-15-. The summed E-state index contributed by atoms with van der Waals surface area (Å²) in [5.74, 6) is 2.44. The molecule has 3 aliphatic rings. The number of allylic oxidation sites excluding steroid dienone is 1. The molecule has 0 radical (unpaired) electrons. The summed E-state index contributed by atoms with van der Waals surface area (Å²) in [6.07, 6.45) is 2.84. The molecule has 0 aromatic heterocycles. The molecule has 3 aliphatic heterocycles. The van der Waals surface area contributed by atoms with Crippen LogP contribution in [0.15, 0.2) is 42.2 Å². The zero-order valence-corrected chi connectivity index (χ0v) is 18.3. The summed E-state index contributed by atoms with van der Waals surface area (Å²) in [4.78, 5) is 17.7. The minimum atomic E-state index is -0.0944. The number of methoxy groups -OCH3 is 1. The lowest BCUT2D eigenvalue weighted by Crippen LogP contribution is -2.39. The van der Waals surface area contributed by atoms with Crippen molar-refractivity contribution in [1.82, 2.24) is 9.80 Å². The summed E-state index contributed by atoms with van der Waals surface area (Å²) in [5.41, 5.74) is 2.44. The molecule has 7 heteroatoms. The minimum absolute atomic E-state index is 0.0944. The van der Waals surface area contributed by atoms with Crippen LogP contribution in [-0.4, -0.2) is 68.8 Å². The minimum Gasteiger partial charge on any atom is -0.497 e. The second-order valence-electron chi connectivity index (χ2n) is 8.27. The molecule has 2 aromatic rings. The summed E-state index contributed by atoms with van der Waals surface area (Å²) in [6, 6.07) is 11.2. The van der Waals surface area contributed by atoms with E-state index in [1.165, 1.54) is 0 Å². The molecule has 0 amide bonds. The van der Waals surface area contributed by atoms with E-state index >= 15 is 0 Å². The van der Waals surface area contributed by atoms with Crippen LogP contribution in [0.3, 0.4) is 0 Å². The molecule has 0 bridgehead atoms. The van der Waals surface area contributed by atoms with Crippen LogP contribution in [0.25, 0.3) is 6.08 Å². The third kappa shape index (κ3) is 4.37. The van der Waals surface area contributed by atoms with Crippen LogP contribution in [0.5, 0.6) is 17.2 Å². The normalized spacial score (nSPS) is 19.9. The van der Waals surface area contributed by atoms with Gasteiger partial charge < -0.3 is 18.9 Å². The second kappa shape index (κ2) is 9.32. The summed E-state index contributed by atoms with van der Waals surface area (Å²) in [5, 5.41) is 0. The Labute approximate surface area is 188 Å². The van der Waals surface area contributed by atoms with Crippen molar-refractivity contribution >= 4 is 11.9 Å². The average molecular weight is 437 g/mol. The van der Waals surface area contributed by atoms with E-state index in [2.05, 4.69) is 9.80 Å². The van der Waals surface area contributed by atoms with Crippen LogP contribution < -0.4 is 14.2 Å². The molecule has 1 fully saturated rings. The maximum atomic E-state index is 13.0. The molecule has 0 N–H and O–H groups in total. The Hall–Kier alpha value is -2.87. The number of carbonyl (C=O) groups excluding carboxylic acids is 1. The number of ether oxygens (including phenoxy) is 4. The SMILES string of the molecule is COc1ccc(/C=C2\Oc3c(ccc4c3CN(CCCN3CCOCC3)CO4)C2=O)cc1. The Morgan fingerprint density at radius 3 is 2.59 bits per heavy atom. The fourth-order valence-corrected chi connectivity index (χ4v) is 4.34. The fourth-order valence-electron chi connectivity index (χ4n) is 4.34. The lowest BCUT2D eigenvalue weighted by molar-refractivity contribution is 0.0329. The maximum Gasteiger partial charge on any atom is 0.231 e. The molecule has 3 heterocycles. The monoisotopic (exact) mass is 436 g/mol. The molecule has 5 rings (SSSR count). The molecule has 0 aliphatic carbocycles. The largest absolute Gasteiger partial charge is 0.497 e. The highest BCUT2D eigenvalue weighted by Crippen LogP contribution is 2.42. The maximum absolute atomic E-state index is 13.0. The van der Waals surface area contributed by atoms with Gasteiger partial charge >= 0.3 is 0 Å². The lowest BCUT2D eigenvalue weighted by atomic mass is 10.0. The van der Waals surface area contributed by atoms with Gasteiger partial charge in [-0.05, 0) is 48.9 Å². The van der Waals surface area contributed by atoms with E-state index in [0.29, 0.717) is 30.3 Å². The highest BCUT2D eigenvalue weighted by molar-refractivity contribution is 6.15. The molecule has 1 saturated heterocycles. The van der Waals surface area contributed by atoms with E-state index in [0.717, 1.165) is 68.4 Å². The van der Waals surface area contributed by atoms with E-state index in [-0.39, 0.29) is 5.78 Å². The number of nitrogens with zero attached hydrogens (tertiary/aromatic N) is 2. The Bertz CT molecular complexity index is 1010. The Balaban J connectivity index is 1.27. The van der Waals surface area contributed by atoms with Gasteiger partial charge in [0.1, 0.15) is 24.0 Å². The van der Waals surface area contributed by atoms with Gasteiger partial charge in [-0.1, -0.05) is 12.1 Å². The lowest BCUT2D eigenvalue weighted by Gasteiger charge is -2.31. The number of carbonyl (C=O) groups is 1. The van der Waals surface area contributed by atoms with Gasteiger partial charge in [-0.25, -0.2) is 0 Å². The number of ketones is 1. The number of morpholine rings is 1. The van der Waals surface area contributed by atoms with Gasteiger partial charge in [-0.3, -0.25) is 14.6 Å². The van der Waals surface area contributed by atoms with Crippen LogP contribution in [0.2, 0.25) is 0 Å². The van der Waals surface area contributed by atoms with E-state index in [4.69, 9.17) is 18.9 Å². The Kier molecular flexibility index (Phi) is 6.12. The molecule has 2 aromatic carbocycles. The van der Waals surface area contributed by atoms with Crippen molar-refractivity contribution in [1.29, 1.82) is 0 Å². The second-order valence-corrected chi connectivity index (χ2v) is 8.27. The first-order valence-corrected chi connectivity index (χ1v) is 11.1. The van der Waals surface area contributed by atoms with Crippen LogP contribution in [0.1, 0.15) is 27.9 Å². The highest BCUT2D eigenvalue weighted by atomic mass is 16.5. The summed E-state index contributed by atoms with van der Waals surface area (Å²) >= 11 is 0. The first-order valence-electron chi connectivity index (χ1n) is 11.1. The van der Waals surface area contributed by atoms with Gasteiger partial charge in [0.25, 0.3) is 0 Å². The fraction of sp³-hybridized carbons (Fsp3) is 0.400. The molecular weight excluding hydrogens is 408 g/mol. The zero-order chi connectivity index (χ0) is 21.9. The summed E-state index contributed by atoms with van der Waals surface area (Å²) < 4.78 is 22.7. The third-order valence-electron chi connectivity index (χ3n) is 6.15. The van der Waals surface area contributed by atoms with Crippen LogP contribution in [-0.2, 0) is 11.3 Å². The van der Waals surface area contributed by atoms with Gasteiger partial charge in [-0.15, -0.1) is 0 Å². The molecule has 0 unspecified atom stereocenters. The molecule has 0 atom stereocenters. The van der Waals surface area contributed by atoms with Crippen molar-refractivity contribution in [2.75, 3.05) is 53.2 Å². The van der Waals surface area contributed by atoms with E-state index < -0.39 is 0 Å². The van der Waals surface area contributed by atoms with E-state index in [9.17, 15) is 4.79 Å².